The van der Waals surface area contributed by atoms with E-state index >= 15 is 0 Å². The van der Waals surface area contributed by atoms with E-state index < -0.39 is 0 Å². The molecule has 0 amide bonds. The third-order valence-electron chi connectivity index (χ3n) is 2.02. The van der Waals surface area contributed by atoms with E-state index in [1.54, 1.807) is 0 Å². The summed E-state index contributed by atoms with van der Waals surface area (Å²) in [6.07, 6.45) is 1.15. The summed E-state index contributed by atoms with van der Waals surface area (Å²) in [6, 6.07) is 8.50. The van der Waals surface area contributed by atoms with E-state index in [-0.39, 0.29) is 0 Å². The highest BCUT2D eigenvalue weighted by Crippen LogP contribution is 2.35. The SMILES string of the molecule is CC(C)(C)CC(Br)c1ccc(Br)cc1. The number of rotatable bonds is 2. The number of halogens is 2. The minimum absolute atomic E-state index is 0.362. The fourth-order valence-electron chi connectivity index (χ4n) is 1.33. The molecule has 0 radical (unpaired) electrons. The molecule has 1 rings (SSSR count). The van der Waals surface area contributed by atoms with Crippen LogP contribution < -0.4 is 0 Å². The van der Waals surface area contributed by atoms with Crippen molar-refractivity contribution < 1.29 is 0 Å². The molecule has 0 saturated carbocycles. The molecular weight excluding hydrogens is 304 g/mol. The van der Waals surface area contributed by atoms with Gasteiger partial charge in [0.15, 0.2) is 0 Å². The molecular formula is C12H16Br2. The maximum Gasteiger partial charge on any atom is 0.0400 e. The normalized spacial score (nSPS) is 14.1. The average molecular weight is 320 g/mol. The molecule has 1 aromatic carbocycles. The van der Waals surface area contributed by atoms with Gasteiger partial charge in [-0.15, -0.1) is 0 Å². The van der Waals surface area contributed by atoms with Crippen molar-refractivity contribution in [3.05, 3.63) is 34.3 Å². The minimum Gasteiger partial charge on any atom is -0.0839 e. The van der Waals surface area contributed by atoms with Crippen LogP contribution in [0.1, 0.15) is 37.6 Å². The Kier molecular flexibility index (Phi) is 4.20. The van der Waals surface area contributed by atoms with Gasteiger partial charge >= 0.3 is 0 Å². The number of benzene rings is 1. The summed E-state index contributed by atoms with van der Waals surface area (Å²) >= 11 is 7.17. The van der Waals surface area contributed by atoms with Crippen LogP contribution in [0.3, 0.4) is 0 Å². The second kappa shape index (κ2) is 4.80. The summed E-state index contributed by atoms with van der Waals surface area (Å²) in [5.41, 5.74) is 1.71. The second-order valence-corrected chi connectivity index (χ2v) is 6.80. The first-order valence-electron chi connectivity index (χ1n) is 4.78. The van der Waals surface area contributed by atoms with Crippen LogP contribution in [0.15, 0.2) is 28.7 Å². The molecule has 1 atom stereocenters. The van der Waals surface area contributed by atoms with Gasteiger partial charge in [-0.25, -0.2) is 0 Å². The maximum absolute atomic E-state index is 3.73. The Hall–Kier alpha value is 0.180. The molecule has 0 N–H and O–H groups in total. The van der Waals surface area contributed by atoms with Gasteiger partial charge in [-0.05, 0) is 29.5 Å². The first kappa shape index (κ1) is 12.3. The Morgan fingerprint density at radius 1 is 1.14 bits per heavy atom. The molecule has 14 heavy (non-hydrogen) atoms. The van der Waals surface area contributed by atoms with Crippen molar-refractivity contribution in [3.63, 3.8) is 0 Å². The van der Waals surface area contributed by atoms with Gasteiger partial charge in [0.2, 0.25) is 0 Å². The highest BCUT2D eigenvalue weighted by atomic mass is 79.9. The van der Waals surface area contributed by atoms with Crippen molar-refractivity contribution >= 4 is 31.9 Å². The van der Waals surface area contributed by atoms with Crippen molar-refractivity contribution in [2.75, 3.05) is 0 Å². The summed E-state index contributed by atoms with van der Waals surface area (Å²) in [7, 11) is 0. The third-order valence-corrected chi connectivity index (χ3v) is 3.40. The standard InChI is InChI=1S/C12H16Br2/c1-12(2,3)8-11(14)9-4-6-10(13)7-5-9/h4-7,11H,8H2,1-3H3. The fraction of sp³-hybridized carbons (Fsp3) is 0.500. The van der Waals surface area contributed by atoms with E-state index in [9.17, 15) is 0 Å². The van der Waals surface area contributed by atoms with Crippen LogP contribution in [0.4, 0.5) is 0 Å². The molecule has 0 aliphatic heterocycles. The molecule has 0 nitrogen and oxygen atoms in total. The highest BCUT2D eigenvalue weighted by Gasteiger charge is 2.17. The van der Waals surface area contributed by atoms with Gasteiger partial charge in [-0.3, -0.25) is 0 Å². The Balaban J connectivity index is 2.70. The Labute approximate surface area is 103 Å². The van der Waals surface area contributed by atoms with E-state index in [1.807, 2.05) is 0 Å². The Morgan fingerprint density at radius 2 is 1.64 bits per heavy atom. The quantitative estimate of drug-likeness (QED) is 0.647. The molecule has 2 heteroatoms. The maximum atomic E-state index is 3.73. The molecule has 78 valence electrons. The van der Waals surface area contributed by atoms with Crippen molar-refractivity contribution in [2.24, 2.45) is 5.41 Å². The Morgan fingerprint density at radius 3 is 2.07 bits per heavy atom. The van der Waals surface area contributed by atoms with Crippen LogP contribution in [0, 0.1) is 5.41 Å². The third kappa shape index (κ3) is 4.14. The van der Waals surface area contributed by atoms with Crippen LogP contribution in [0.25, 0.3) is 0 Å². The molecule has 0 bridgehead atoms. The molecule has 0 heterocycles. The lowest BCUT2D eigenvalue weighted by molar-refractivity contribution is 0.377. The highest BCUT2D eigenvalue weighted by molar-refractivity contribution is 9.10. The van der Waals surface area contributed by atoms with Gasteiger partial charge in [-0.1, -0.05) is 64.8 Å². The summed E-state index contributed by atoms with van der Waals surface area (Å²) in [5.74, 6) is 0. The molecule has 0 aromatic heterocycles. The lowest BCUT2D eigenvalue weighted by atomic mass is 9.88. The summed E-state index contributed by atoms with van der Waals surface area (Å²) in [6.45, 7) is 6.79. The number of alkyl halides is 1. The zero-order valence-electron chi connectivity index (χ0n) is 8.85. The first-order valence-corrected chi connectivity index (χ1v) is 6.49. The van der Waals surface area contributed by atoms with Crippen molar-refractivity contribution in [3.8, 4) is 0 Å². The molecule has 0 aliphatic rings. The number of hydrogen-bond acceptors (Lipinski definition) is 0. The monoisotopic (exact) mass is 318 g/mol. The molecule has 0 spiro atoms. The topological polar surface area (TPSA) is 0 Å². The van der Waals surface area contributed by atoms with E-state index in [0.29, 0.717) is 10.2 Å². The van der Waals surface area contributed by atoms with E-state index in [4.69, 9.17) is 0 Å². The van der Waals surface area contributed by atoms with Gasteiger partial charge in [0.1, 0.15) is 0 Å². The largest absolute Gasteiger partial charge is 0.0839 e. The zero-order valence-corrected chi connectivity index (χ0v) is 12.0. The van der Waals surface area contributed by atoms with Gasteiger partial charge in [-0.2, -0.15) is 0 Å². The summed E-state index contributed by atoms with van der Waals surface area (Å²) in [5, 5.41) is 0. The van der Waals surface area contributed by atoms with E-state index in [1.165, 1.54) is 5.56 Å². The lowest BCUT2D eigenvalue weighted by Gasteiger charge is -2.22. The van der Waals surface area contributed by atoms with Crippen molar-refractivity contribution in [1.29, 1.82) is 0 Å². The van der Waals surface area contributed by atoms with Crippen LogP contribution >= 0.6 is 31.9 Å². The zero-order chi connectivity index (χ0) is 10.8. The molecule has 1 unspecified atom stereocenters. The first-order chi connectivity index (χ1) is 6.38. The lowest BCUT2D eigenvalue weighted by Crippen LogP contribution is -2.08. The van der Waals surface area contributed by atoms with E-state index in [0.717, 1.165) is 10.9 Å². The second-order valence-electron chi connectivity index (χ2n) is 4.78. The van der Waals surface area contributed by atoms with Crippen LogP contribution in [-0.4, -0.2) is 0 Å². The van der Waals surface area contributed by atoms with Crippen molar-refractivity contribution in [1.82, 2.24) is 0 Å². The Bertz CT molecular complexity index is 282. The van der Waals surface area contributed by atoms with Crippen LogP contribution in [0.2, 0.25) is 0 Å². The van der Waals surface area contributed by atoms with Crippen LogP contribution in [-0.2, 0) is 0 Å². The molecule has 0 saturated heterocycles. The van der Waals surface area contributed by atoms with Crippen LogP contribution in [0.5, 0.6) is 0 Å². The summed E-state index contributed by atoms with van der Waals surface area (Å²) in [4.78, 5) is 0.454. The average Bonchev–Trinajstić information content (AvgIpc) is 2.02. The van der Waals surface area contributed by atoms with Gasteiger partial charge in [0.25, 0.3) is 0 Å². The molecule has 0 fully saturated rings. The van der Waals surface area contributed by atoms with Gasteiger partial charge in [0, 0.05) is 9.30 Å². The molecule has 1 aromatic rings. The number of hydrogen-bond donors (Lipinski definition) is 0. The minimum atomic E-state index is 0.362. The predicted molar refractivity (Wildman–Crippen MR) is 69.9 cm³/mol. The summed E-state index contributed by atoms with van der Waals surface area (Å²) < 4.78 is 1.14. The molecule has 0 aliphatic carbocycles. The van der Waals surface area contributed by atoms with Crippen molar-refractivity contribution in [2.45, 2.75) is 32.0 Å². The van der Waals surface area contributed by atoms with Gasteiger partial charge < -0.3 is 0 Å². The fourth-order valence-corrected chi connectivity index (χ4v) is 2.87. The smallest absolute Gasteiger partial charge is 0.0400 e. The van der Waals surface area contributed by atoms with E-state index in [2.05, 4.69) is 76.9 Å². The predicted octanol–water partition coefficient (Wildman–Crippen LogP) is 5.32. The van der Waals surface area contributed by atoms with Gasteiger partial charge in [0.05, 0.1) is 0 Å².